The SMILES string of the molecule is Cn1nc(C(F)F)cc1Nc1nncn1C1CCc2sc(NC(=O)[C@H]3C[C@@H]3F)c(C(=O)NCC3CC3)c2C1. The Bertz CT molecular complexity index is 1380. The minimum atomic E-state index is -2.69. The summed E-state index contributed by atoms with van der Waals surface area (Å²) in [5, 5.41) is 21.3. The fourth-order valence-electron chi connectivity index (χ4n) is 4.85. The van der Waals surface area contributed by atoms with Crippen LogP contribution < -0.4 is 16.0 Å². The van der Waals surface area contributed by atoms with E-state index in [1.807, 2.05) is 4.57 Å². The van der Waals surface area contributed by atoms with Gasteiger partial charge in [-0.1, -0.05) is 0 Å². The molecule has 3 heterocycles. The van der Waals surface area contributed by atoms with Crippen molar-refractivity contribution in [1.82, 2.24) is 29.9 Å². The quantitative estimate of drug-likeness (QED) is 0.373. The van der Waals surface area contributed by atoms with E-state index in [2.05, 4.69) is 31.2 Å². The maximum absolute atomic E-state index is 13.5. The lowest BCUT2D eigenvalue weighted by molar-refractivity contribution is -0.117. The van der Waals surface area contributed by atoms with Gasteiger partial charge >= 0.3 is 0 Å². The number of amides is 2. The van der Waals surface area contributed by atoms with E-state index < -0.39 is 24.4 Å². The predicted octanol–water partition coefficient (Wildman–Crippen LogP) is 3.92. The summed E-state index contributed by atoms with van der Waals surface area (Å²) >= 11 is 1.37. The number of halogens is 3. The predicted molar refractivity (Wildman–Crippen MR) is 134 cm³/mol. The van der Waals surface area contributed by atoms with E-state index in [9.17, 15) is 22.8 Å². The molecule has 10 nitrogen and oxygen atoms in total. The van der Waals surface area contributed by atoms with Crippen LogP contribution in [0.25, 0.3) is 0 Å². The molecule has 0 spiro atoms. The number of aromatic nitrogens is 5. The first-order valence-electron chi connectivity index (χ1n) is 12.6. The van der Waals surface area contributed by atoms with Gasteiger partial charge in [-0.2, -0.15) is 5.10 Å². The molecule has 1 unspecified atom stereocenters. The lowest BCUT2D eigenvalue weighted by atomic mass is 9.91. The minimum Gasteiger partial charge on any atom is -0.352 e. The van der Waals surface area contributed by atoms with Crippen molar-refractivity contribution < 1.29 is 22.8 Å². The van der Waals surface area contributed by atoms with Crippen molar-refractivity contribution in [2.45, 2.75) is 57.2 Å². The summed E-state index contributed by atoms with van der Waals surface area (Å²) in [6.07, 6.45) is 2.01. The Morgan fingerprint density at radius 3 is 2.74 bits per heavy atom. The number of rotatable bonds is 9. The topological polar surface area (TPSA) is 119 Å². The second-order valence-electron chi connectivity index (χ2n) is 10.2. The molecule has 2 amide bonds. The van der Waals surface area contributed by atoms with E-state index in [-0.39, 0.29) is 24.1 Å². The molecule has 3 aromatic heterocycles. The molecule has 2 fully saturated rings. The van der Waals surface area contributed by atoms with Crippen LogP contribution in [0.4, 0.5) is 29.9 Å². The minimum absolute atomic E-state index is 0.116. The van der Waals surface area contributed by atoms with Crippen LogP contribution in [0.2, 0.25) is 0 Å². The van der Waals surface area contributed by atoms with Crippen molar-refractivity contribution in [2.75, 3.05) is 17.2 Å². The van der Waals surface area contributed by atoms with Crippen LogP contribution in [0.1, 0.15) is 64.6 Å². The third-order valence-corrected chi connectivity index (χ3v) is 8.53. The molecule has 0 aliphatic heterocycles. The number of nitrogens with zero attached hydrogens (tertiary/aromatic N) is 5. The molecule has 38 heavy (non-hydrogen) atoms. The maximum Gasteiger partial charge on any atom is 0.282 e. The molecule has 2 saturated carbocycles. The van der Waals surface area contributed by atoms with Crippen LogP contribution in [-0.4, -0.2) is 49.1 Å². The van der Waals surface area contributed by atoms with Gasteiger partial charge in [-0.05, 0) is 50.0 Å². The van der Waals surface area contributed by atoms with Gasteiger partial charge < -0.3 is 16.0 Å². The van der Waals surface area contributed by atoms with Gasteiger partial charge in [-0.25, -0.2) is 13.2 Å². The lowest BCUT2D eigenvalue weighted by Crippen LogP contribution is -2.29. The van der Waals surface area contributed by atoms with Crippen molar-refractivity contribution in [3.05, 3.63) is 34.1 Å². The molecule has 3 aliphatic carbocycles. The molecule has 202 valence electrons. The Morgan fingerprint density at radius 1 is 1.26 bits per heavy atom. The molecule has 0 bridgehead atoms. The standard InChI is InChI=1S/C24H27F3N8O2S/c1-34-18(8-16(33-34)20(26)27)30-24-32-29-10-35(24)12-4-5-17-14(6-12)19(22(37)28-9-11-2-3-11)23(38-17)31-21(36)13-7-15(13)25/h8,10-13,15,20H,2-7,9H2,1H3,(H,28,37)(H,30,32)(H,31,36)/t12?,13-,15-/m0/s1. The smallest absolute Gasteiger partial charge is 0.282 e. The first-order chi connectivity index (χ1) is 18.3. The van der Waals surface area contributed by atoms with Gasteiger partial charge in [0.15, 0.2) is 0 Å². The van der Waals surface area contributed by atoms with E-state index in [0.29, 0.717) is 47.6 Å². The summed E-state index contributed by atoms with van der Waals surface area (Å²) in [5.74, 6) is -0.0943. The molecule has 6 rings (SSSR count). The van der Waals surface area contributed by atoms with E-state index in [0.717, 1.165) is 29.7 Å². The van der Waals surface area contributed by atoms with E-state index in [1.54, 1.807) is 13.4 Å². The number of fused-ring (bicyclic) bond motifs is 1. The number of alkyl halides is 3. The molecule has 0 radical (unpaired) electrons. The second kappa shape index (κ2) is 9.71. The summed E-state index contributed by atoms with van der Waals surface area (Å²) in [5.41, 5.74) is 0.946. The van der Waals surface area contributed by atoms with Gasteiger partial charge in [-0.15, -0.1) is 21.5 Å². The van der Waals surface area contributed by atoms with Crippen LogP contribution in [-0.2, 0) is 24.7 Å². The van der Waals surface area contributed by atoms with Gasteiger partial charge in [0.05, 0.1) is 11.5 Å². The normalized spacial score (nSPS) is 22.3. The largest absolute Gasteiger partial charge is 0.352 e. The van der Waals surface area contributed by atoms with Crippen LogP contribution >= 0.6 is 11.3 Å². The summed E-state index contributed by atoms with van der Waals surface area (Å²) in [6, 6.07) is 1.15. The van der Waals surface area contributed by atoms with Crippen molar-refractivity contribution in [1.29, 1.82) is 0 Å². The van der Waals surface area contributed by atoms with Crippen molar-refractivity contribution in [2.24, 2.45) is 18.9 Å². The maximum atomic E-state index is 13.5. The number of nitrogens with one attached hydrogen (secondary N) is 3. The van der Waals surface area contributed by atoms with Crippen molar-refractivity contribution >= 4 is 39.9 Å². The lowest BCUT2D eigenvalue weighted by Gasteiger charge is -2.25. The zero-order valence-electron chi connectivity index (χ0n) is 20.6. The van der Waals surface area contributed by atoms with Crippen molar-refractivity contribution in [3.63, 3.8) is 0 Å². The zero-order chi connectivity index (χ0) is 26.6. The number of anilines is 3. The summed E-state index contributed by atoms with van der Waals surface area (Å²) < 4.78 is 42.8. The monoisotopic (exact) mass is 548 g/mol. The van der Waals surface area contributed by atoms with Crippen LogP contribution in [0.3, 0.4) is 0 Å². The number of hydrogen-bond donors (Lipinski definition) is 3. The third-order valence-electron chi connectivity index (χ3n) is 7.33. The second-order valence-corrected chi connectivity index (χ2v) is 11.3. The first-order valence-corrected chi connectivity index (χ1v) is 13.5. The fraction of sp³-hybridized carbons (Fsp3) is 0.542. The molecule has 0 aromatic carbocycles. The number of hydrogen-bond acceptors (Lipinski definition) is 7. The number of thiophene rings is 1. The van der Waals surface area contributed by atoms with Crippen LogP contribution in [0.5, 0.6) is 0 Å². The highest BCUT2D eigenvalue weighted by Crippen LogP contribution is 2.43. The molecule has 3 N–H and O–H groups in total. The Balaban J connectivity index is 1.26. The fourth-order valence-corrected chi connectivity index (χ4v) is 6.09. The molecule has 0 saturated heterocycles. The third kappa shape index (κ3) is 4.88. The summed E-state index contributed by atoms with van der Waals surface area (Å²) in [6.45, 7) is 0.584. The van der Waals surface area contributed by atoms with Gasteiger partial charge in [0.1, 0.15) is 29.0 Å². The van der Waals surface area contributed by atoms with Crippen LogP contribution in [0.15, 0.2) is 12.4 Å². The van der Waals surface area contributed by atoms with Crippen molar-refractivity contribution in [3.8, 4) is 0 Å². The number of carbonyl (C=O) groups excluding carboxylic acids is 2. The van der Waals surface area contributed by atoms with Gasteiger partial charge in [-0.3, -0.25) is 18.8 Å². The highest BCUT2D eigenvalue weighted by Gasteiger charge is 2.44. The average molecular weight is 549 g/mol. The molecule has 3 atom stereocenters. The Morgan fingerprint density at radius 2 is 2.05 bits per heavy atom. The van der Waals surface area contributed by atoms with Gasteiger partial charge in [0, 0.05) is 30.6 Å². The summed E-state index contributed by atoms with van der Waals surface area (Å²) in [4.78, 5) is 26.9. The first kappa shape index (κ1) is 24.9. The van der Waals surface area contributed by atoms with E-state index in [4.69, 9.17) is 0 Å². The average Bonchev–Trinajstić information content (AvgIpc) is 3.72. The molecular formula is C24H27F3N8O2S. The molecular weight excluding hydrogens is 521 g/mol. The highest BCUT2D eigenvalue weighted by molar-refractivity contribution is 7.17. The molecule has 3 aromatic rings. The number of aryl methyl sites for hydroxylation is 2. The van der Waals surface area contributed by atoms with E-state index >= 15 is 0 Å². The van der Waals surface area contributed by atoms with Crippen LogP contribution in [0, 0.1) is 11.8 Å². The Hall–Kier alpha value is -3.42. The van der Waals surface area contributed by atoms with E-state index in [1.165, 1.54) is 22.1 Å². The summed E-state index contributed by atoms with van der Waals surface area (Å²) in [7, 11) is 1.56. The van der Waals surface area contributed by atoms with Gasteiger partial charge in [0.25, 0.3) is 12.3 Å². The number of carbonyl (C=O) groups is 2. The molecule has 3 aliphatic rings. The Kier molecular flexibility index (Phi) is 6.36. The zero-order valence-corrected chi connectivity index (χ0v) is 21.4. The Labute approximate surface area is 220 Å². The van der Waals surface area contributed by atoms with Gasteiger partial charge in [0.2, 0.25) is 11.9 Å². The highest BCUT2D eigenvalue weighted by atomic mass is 32.1. The molecule has 14 heteroatoms.